The first kappa shape index (κ1) is 20.2. The van der Waals surface area contributed by atoms with E-state index in [1.165, 1.54) is 32.4 Å². The Labute approximate surface area is 168 Å². The van der Waals surface area contributed by atoms with Crippen molar-refractivity contribution in [3.63, 3.8) is 0 Å². The van der Waals surface area contributed by atoms with Gasteiger partial charge >= 0.3 is 11.9 Å². The van der Waals surface area contributed by atoms with Crippen LogP contribution in [0.5, 0.6) is 0 Å². The van der Waals surface area contributed by atoms with E-state index in [-0.39, 0.29) is 16.2 Å². The SMILES string of the molecule is COC(=O)c1cc(NC(=S)Nc2ccc(Br)cc2Cl)cc(C(=O)OC)c1. The Bertz CT molecular complexity index is 842. The fourth-order valence-corrected chi connectivity index (χ4v) is 3.00. The second kappa shape index (κ2) is 8.98. The van der Waals surface area contributed by atoms with E-state index in [2.05, 4.69) is 26.6 Å². The zero-order valence-electron chi connectivity index (χ0n) is 13.8. The second-order valence-electron chi connectivity index (χ2n) is 4.99. The molecule has 6 nitrogen and oxygen atoms in total. The lowest BCUT2D eigenvalue weighted by Crippen LogP contribution is -2.20. The number of hydrogen-bond donors (Lipinski definition) is 2. The molecule has 0 heterocycles. The number of thiocarbonyl (C=S) groups is 1. The van der Waals surface area contributed by atoms with Gasteiger partial charge in [0, 0.05) is 10.2 Å². The van der Waals surface area contributed by atoms with Gasteiger partial charge in [-0.2, -0.15) is 0 Å². The molecule has 2 aromatic rings. The Morgan fingerprint density at radius 2 is 1.58 bits per heavy atom. The van der Waals surface area contributed by atoms with Gasteiger partial charge in [0.2, 0.25) is 0 Å². The normalized spacial score (nSPS) is 10.0. The van der Waals surface area contributed by atoms with E-state index < -0.39 is 11.9 Å². The Balaban J connectivity index is 2.25. The van der Waals surface area contributed by atoms with E-state index >= 15 is 0 Å². The van der Waals surface area contributed by atoms with Crippen LogP contribution >= 0.6 is 39.7 Å². The molecule has 136 valence electrons. The molecule has 0 radical (unpaired) electrons. The molecule has 0 aromatic heterocycles. The molecule has 26 heavy (non-hydrogen) atoms. The van der Waals surface area contributed by atoms with Crippen LogP contribution in [0.3, 0.4) is 0 Å². The van der Waals surface area contributed by atoms with Crippen LogP contribution in [0.2, 0.25) is 5.02 Å². The number of methoxy groups -OCH3 is 2. The first-order valence-corrected chi connectivity index (χ1v) is 8.76. The quantitative estimate of drug-likeness (QED) is 0.517. The third-order valence-corrected chi connectivity index (χ3v) is 4.22. The maximum atomic E-state index is 11.8. The number of carbonyl (C=O) groups excluding carboxylic acids is 2. The number of rotatable bonds is 4. The van der Waals surface area contributed by atoms with Crippen molar-refractivity contribution in [2.45, 2.75) is 0 Å². The van der Waals surface area contributed by atoms with Crippen molar-refractivity contribution in [2.75, 3.05) is 24.9 Å². The zero-order chi connectivity index (χ0) is 19.3. The van der Waals surface area contributed by atoms with Crippen LogP contribution in [0.4, 0.5) is 11.4 Å². The van der Waals surface area contributed by atoms with Crippen LogP contribution in [0, 0.1) is 0 Å². The Morgan fingerprint density at radius 1 is 1.00 bits per heavy atom. The largest absolute Gasteiger partial charge is 0.465 e. The van der Waals surface area contributed by atoms with Crippen molar-refractivity contribution in [1.29, 1.82) is 0 Å². The second-order valence-corrected chi connectivity index (χ2v) is 6.72. The maximum Gasteiger partial charge on any atom is 0.337 e. The van der Waals surface area contributed by atoms with Crippen LogP contribution in [-0.4, -0.2) is 31.3 Å². The lowest BCUT2D eigenvalue weighted by atomic mass is 10.1. The number of hydrogen-bond acceptors (Lipinski definition) is 5. The van der Waals surface area contributed by atoms with Gasteiger partial charge in [-0.05, 0) is 48.6 Å². The van der Waals surface area contributed by atoms with Gasteiger partial charge in [-0.25, -0.2) is 9.59 Å². The van der Waals surface area contributed by atoms with Crippen LogP contribution in [-0.2, 0) is 9.47 Å². The molecule has 0 amide bonds. The van der Waals surface area contributed by atoms with Gasteiger partial charge in [0.1, 0.15) is 0 Å². The zero-order valence-corrected chi connectivity index (χ0v) is 16.9. The van der Waals surface area contributed by atoms with Crippen molar-refractivity contribution >= 4 is 68.2 Å². The lowest BCUT2D eigenvalue weighted by Gasteiger charge is -2.13. The highest BCUT2D eigenvalue weighted by molar-refractivity contribution is 9.10. The fourth-order valence-electron chi connectivity index (χ4n) is 2.05. The molecule has 0 spiro atoms. The number of benzene rings is 2. The Hall–Kier alpha value is -2.16. The lowest BCUT2D eigenvalue weighted by molar-refractivity contribution is 0.0599. The van der Waals surface area contributed by atoms with Crippen LogP contribution < -0.4 is 10.6 Å². The van der Waals surface area contributed by atoms with Gasteiger partial charge in [-0.15, -0.1) is 0 Å². The minimum Gasteiger partial charge on any atom is -0.465 e. The molecule has 0 unspecified atom stereocenters. The molecule has 0 bridgehead atoms. The molecule has 0 aliphatic carbocycles. The molecule has 0 saturated carbocycles. The summed E-state index contributed by atoms with van der Waals surface area (Å²) < 4.78 is 10.2. The molecule has 2 N–H and O–H groups in total. The van der Waals surface area contributed by atoms with Gasteiger partial charge in [-0.1, -0.05) is 27.5 Å². The van der Waals surface area contributed by atoms with Crippen LogP contribution in [0.1, 0.15) is 20.7 Å². The Morgan fingerprint density at radius 3 is 2.08 bits per heavy atom. The van der Waals surface area contributed by atoms with Gasteiger partial charge < -0.3 is 20.1 Å². The number of anilines is 2. The van der Waals surface area contributed by atoms with Gasteiger partial charge in [0.05, 0.1) is 36.1 Å². The highest BCUT2D eigenvalue weighted by Crippen LogP contribution is 2.26. The summed E-state index contributed by atoms with van der Waals surface area (Å²) in [5, 5.41) is 6.55. The summed E-state index contributed by atoms with van der Waals surface area (Å²) in [6.45, 7) is 0. The summed E-state index contributed by atoms with van der Waals surface area (Å²) in [5.41, 5.74) is 1.38. The van der Waals surface area contributed by atoms with E-state index in [0.29, 0.717) is 16.4 Å². The monoisotopic (exact) mass is 456 g/mol. The number of halogens is 2. The number of nitrogens with one attached hydrogen (secondary N) is 2. The summed E-state index contributed by atoms with van der Waals surface area (Å²) in [4.78, 5) is 23.6. The maximum absolute atomic E-state index is 11.8. The van der Waals surface area contributed by atoms with E-state index in [0.717, 1.165) is 4.47 Å². The average Bonchev–Trinajstić information content (AvgIpc) is 2.62. The number of carbonyl (C=O) groups is 2. The van der Waals surface area contributed by atoms with E-state index in [9.17, 15) is 9.59 Å². The highest BCUT2D eigenvalue weighted by Gasteiger charge is 2.14. The van der Waals surface area contributed by atoms with E-state index in [4.69, 9.17) is 33.3 Å². The predicted molar refractivity (Wildman–Crippen MR) is 108 cm³/mol. The first-order valence-electron chi connectivity index (χ1n) is 7.19. The fraction of sp³-hybridized carbons (Fsp3) is 0.118. The standard InChI is InChI=1S/C17H14BrClN2O4S/c1-24-15(22)9-5-10(16(23)25-2)7-12(6-9)20-17(26)21-14-4-3-11(18)8-13(14)19/h3-8H,1-2H3,(H2,20,21,26). The highest BCUT2D eigenvalue weighted by atomic mass is 79.9. The van der Waals surface area contributed by atoms with Gasteiger partial charge in [0.25, 0.3) is 0 Å². The van der Waals surface area contributed by atoms with Crippen molar-refractivity contribution in [3.05, 3.63) is 57.0 Å². The minimum atomic E-state index is -0.589. The number of esters is 2. The molecule has 9 heteroatoms. The molecule has 0 atom stereocenters. The topological polar surface area (TPSA) is 76.7 Å². The van der Waals surface area contributed by atoms with Crippen molar-refractivity contribution in [2.24, 2.45) is 0 Å². The predicted octanol–water partition coefficient (Wildman–Crippen LogP) is 4.48. The minimum absolute atomic E-state index is 0.183. The smallest absolute Gasteiger partial charge is 0.337 e. The van der Waals surface area contributed by atoms with Gasteiger partial charge in [-0.3, -0.25) is 0 Å². The summed E-state index contributed by atoms with van der Waals surface area (Å²) in [5.74, 6) is -1.18. The molecule has 0 fully saturated rings. The van der Waals surface area contributed by atoms with E-state index in [1.54, 1.807) is 12.1 Å². The van der Waals surface area contributed by atoms with Crippen LogP contribution in [0.25, 0.3) is 0 Å². The first-order chi connectivity index (χ1) is 12.3. The molecular weight excluding hydrogens is 444 g/mol. The van der Waals surface area contributed by atoms with Crippen molar-refractivity contribution < 1.29 is 19.1 Å². The molecule has 0 aliphatic heterocycles. The molecule has 2 rings (SSSR count). The molecule has 0 saturated heterocycles. The van der Waals surface area contributed by atoms with Crippen LogP contribution in [0.15, 0.2) is 40.9 Å². The third kappa shape index (κ3) is 5.17. The summed E-state index contributed by atoms with van der Waals surface area (Å²) in [7, 11) is 2.50. The van der Waals surface area contributed by atoms with E-state index in [1.807, 2.05) is 6.07 Å². The average molecular weight is 458 g/mol. The third-order valence-electron chi connectivity index (χ3n) is 3.21. The summed E-state index contributed by atoms with van der Waals surface area (Å²) in [6, 6.07) is 9.69. The number of ether oxygens (including phenoxy) is 2. The molecular formula is C17H14BrClN2O4S. The van der Waals surface area contributed by atoms with Crippen molar-refractivity contribution in [1.82, 2.24) is 0 Å². The summed E-state index contributed by atoms with van der Waals surface area (Å²) >= 11 is 14.7. The summed E-state index contributed by atoms with van der Waals surface area (Å²) in [6.07, 6.45) is 0. The van der Waals surface area contributed by atoms with Crippen molar-refractivity contribution in [3.8, 4) is 0 Å². The molecule has 0 aliphatic rings. The molecule has 2 aromatic carbocycles. The van der Waals surface area contributed by atoms with Gasteiger partial charge in [0.15, 0.2) is 5.11 Å². The Kier molecular flexibility index (Phi) is 6.96.